The zero-order valence-corrected chi connectivity index (χ0v) is 14.3. The Bertz CT molecular complexity index is 776. The number of hydrogen-bond donors (Lipinski definition) is 1. The van der Waals surface area contributed by atoms with E-state index >= 15 is 0 Å². The monoisotopic (exact) mass is 360 g/mol. The summed E-state index contributed by atoms with van der Waals surface area (Å²) < 4.78 is 24.1. The first-order valence-electron chi connectivity index (χ1n) is 8.75. The Balaban J connectivity index is 1.35. The highest BCUT2D eigenvalue weighted by Crippen LogP contribution is 2.28. The molecule has 0 bridgehead atoms. The second-order valence-electron chi connectivity index (χ2n) is 6.78. The summed E-state index contributed by atoms with van der Waals surface area (Å²) in [6.45, 7) is 2.44. The zero-order valence-electron chi connectivity index (χ0n) is 14.3. The van der Waals surface area contributed by atoms with Crippen LogP contribution in [0.1, 0.15) is 17.1 Å². The van der Waals surface area contributed by atoms with Crippen molar-refractivity contribution >= 4 is 6.09 Å². The normalized spacial score (nSPS) is 22.7. The molecule has 26 heavy (non-hydrogen) atoms. The van der Waals surface area contributed by atoms with Gasteiger partial charge in [-0.15, -0.1) is 0 Å². The van der Waals surface area contributed by atoms with Gasteiger partial charge >= 0.3 is 6.09 Å². The number of rotatable bonds is 6. The van der Waals surface area contributed by atoms with Crippen molar-refractivity contribution in [1.29, 1.82) is 0 Å². The third-order valence-electron chi connectivity index (χ3n) is 5.01. The molecule has 0 radical (unpaired) electrons. The highest BCUT2D eigenvalue weighted by molar-refractivity contribution is 5.71. The summed E-state index contributed by atoms with van der Waals surface area (Å²) in [5.41, 5.74) is 0.990. The molecule has 2 fully saturated rings. The molecule has 2 aliphatic heterocycles. The van der Waals surface area contributed by atoms with Crippen LogP contribution >= 0.6 is 0 Å². The molecule has 0 saturated carbocycles. The first-order chi connectivity index (χ1) is 12.6. The Hall–Kier alpha value is -2.38. The lowest BCUT2D eigenvalue weighted by molar-refractivity contribution is 0.118. The van der Waals surface area contributed by atoms with E-state index in [0.29, 0.717) is 31.8 Å². The summed E-state index contributed by atoms with van der Waals surface area (Å²) in [6.07, 6.45) is 0.252. The van der Waals surface area contributed by atoms with E-state index in [2.05, 4.69) is 4.90 Å². The van der Waals surface area contributed by atoms with Crippen molar-refractivity contribution in [1.82, 2.24) is 9.80 Å². The topological polar surface area (TPSA) is 66.1 Å². The van der Waals surface area contributed by atoms with Gasteiger partial charge in [0.2, 0.25) is 0 Å². The number of furan rings is 1. The molecule has 7 heteroatoms. The van der Waals surface area contributed by atoms with E-state index in [1.54, 1.807) is 23.1 Å². The number of benzene rings is 1. The first-order valence-corrected chi connectivity index (χ1v) is 8.75. The molecule has 2 aliphatic rings. The highest BCUT2D eigenvalue weighted by Gasteiger charge is 2.47. The fourth-order valence-corrected chi connectivity index (χ4v) is 3.68. The van der Waals surface area contributed by atoms with Gasteiger partial charge in [0, 0.05) is 19.6 Å². The van der Waals surface area contributed by atoms with Crippen LogP contribution < -0.4 is 0 Å². The van der Waals surface area contributed by atoms with Gasteiger partial charge in [0.1, 0.15) is 30.0 Å². The Labute approximate surface area is 150 Å². The van der Waals surface area contributed by atoms with Crippen LogP contribution in [0.2, 0.25) is 0 Å². The van der Waals surface area contributed by atoms with Gasteiger partial charge in [-0.05, 0) is 36.2 Å². The van der Waals surface area contributed by atoms with Gasteiger partial charge in [-0.25, -0.2) is 9.18 Å². The minimum Gasteiger partial charge on any atom is -0.462 e. The molecule has 0 spiro atoms. The Morgan fingerprint density at radius 2 is 1.88 bits per heavy atom. The van der Waals surface area contributed by atoms with Gasteiger partial charge in [0.15, 0.2) is 0 Å². The molecule has 3 heterocycles. The summed E-state index contributed by atoms with van der Waals surface area (Å²) in [6, 6.07) is 9.99. The number of likely N-dealkylation sites (tertiary alicyclic amines) is 1. The van der Waals surface area contributed by atoms with Gasteiger partial charge in [-0.1, -0.05) is 12.1 Å². The van der Waals surface area contributed by atoms with Crippen LogP contribution in [0.5, 0.6) is 0 Å². The highest BCUT2D eigenvalue weighted by atomic mass is 19.1. The maximum absolute atomic E-state index is 13.0. The van der Waals surface area contributed by atoms with E-state index in [-0.39, 0.29) is 30.7 Å². The predicted octanol–water partition coefficient (Wildman–Crippen LogP) is 2.16. The molecule has 2 aromatic rings. The van der Waals surface area contributed by atoms with Crippen molar-refractivity contribution < 1.29 is 23.4 Å². The van der Waals surface area contributed by atoms with E-state index in [9.17, 15) is 9.18 Å². The van der Waals surface area contributed by atoms with Gasteiger partial charge in [-0.2, -0.15) is 0 Å². The molecule has 0 unspecified atom stereocenters. The first kappa shape index (κ1) is 17.1. The van der Waals surface area contributed by atoms with Crippen molar-refractivity contribution in [3.63, 3.8) is 0 Å². The number of hydrogen-bond acceptors (Lipinski definition) is 5. The maximum atomic E-state index is 13.0. The van der Waals surface area contributed by atoms with Crippen molar-refractivity contribution in [3.05, 3.63) is 59.3 Å². The predicted molar refractivity (Wildman–Crippen MR) is 90.8 cm³/mol. The van der Waals surface area contributed by atoms with Crippen molar-refractivity contribution in [2.75, 3.05) is 19.6 Å². The van der Waals surface area contributed by atoms with E-state index in [1.165, 1.54) is 12.1 Å². The van der Waals surface area contributed by atoms with Crippen LogP contribution in [0.3, 0.4) is 0 Å². The second kappa shape index (κ2) is 7.09. The third-order valence-corrected chi connectivity index (χ3v) is 5.01. The second-order valence-corrected chi connectivity index (χ2v) is 6.78. The van der Waals surface area contributed by atoms with Crippen LogP contribution in [0.25, 0.3) is 0 Å². The summed E-state index contributed by atoms with van der Waals surface area (Å²) in [5.74, 6) is 1.08. The fourth-order valence-electron chi connectivity index (χ4n) is 3.68. The minimum absolute atomic E-state index is 0.0234. The molecule has 1 amide bonds. The molecule has 4 rings (SSSR count). The molecule has 2 atom stereocenters. The molecule has 1 aromatic carbocycles. The smallest absolute Gasteiger partial charge is 0.410 e. The number of carbonyl (C=O) groups is 1. The van der Waals surface area contributed by atoms with Gasteiger partial charge in [0.25, 0.3) is 0 Å². The van der Waals surface area contributed by atoms with Crippen molar-refractivity contribution in [2.24, 2.45) is 0 Å². The maximum Gasteiger partial charge on any atom is 0.410 e. The lowest BCUT2D eigenvalue weighted by atomic mass is 10.1. The van der Waals surface area contributed by atoms with Gasteiger partial charge < -0.3 is 14.3 Å². The third kappa shape index (κ3) is 3.45. The molecule has 1 aromatic heterocycles. The van der Waals surface area contributed by atoms with E-state index in [0.717, 1.165) is 17.9 Å². The molecule has 1 N–H and O–H groups in total. The minimum atomic E-state index is -0.276. The van der Waals surface area contributed by atoms with Gasteiger partial charge in [0.05, 0.1) is 12.6 Å². The number of aliphatic hydroxyl groups is 1. The largest absolute Gasteiger partial charge is 0.462 e. The molecular weight excluding hydrogens is 339 g/mol. The summed E-state index contributed by atoms with van der Waals surface area (Å²) in [5, 5.41) is 9.08. The van der Waals surface area contributed by atoms with E-state index in [4.69, 9.17) is 14.3 Å². The molecular formula is C19H21FN2O4. The summed E-state index contributed by atoms with van der Waals surface area (Å²) >= 11 is 0. The summed E-state index contributed by atoms with van der Waals surface area (Å²) in [4.78, 5) is 16.1. The lowest BCUT2D eigenvalue weighted by Gasteiger charge is -2.22. The summed E-state index contributed by atoms with van der Waals surface area (Å²) in [7, 11) is 0. The molecule has 6 nitrogen and oxygen atoms in total. The van der Waals surface area contributed by atoms with E-state index < -0.39 is 0 Å². The fraction of sp³-hybridized carbons (Fsp3) is 0.421. The number of fused-ring (bicyclic) bond motifs is 1. The van der Waals surface area contributed by atoms with Crippen LogP contribution in [0.4, 0.5) is 9.18 Å². The standard InChI is InChI=1S/C19H21FN2O4/c20-14-3-1-13(2-4-14)7-8-22-17-10-21(11-18(17)26-19(22)24)9-15-5-6-16(12-23)25-15/h1-6,17-18,23H,7-12H2/t17-,18+/m1/s1. The number of nitrogens with zero attached hydrogens (tertiary/aromatic N) is 2. The number of aliphatic hydroxyl groups excluding tert-OH is 1. The molecule has 2 saturated heterocycles. The van der Waals surface area contributed by atoms with E-state index in [1.807, 2.05) is 6.07 Å². The van der Waals surface area contributed by atoms with Crippen LogP contribution in [0, 0.1) is 5.82 Å². The van der Waals surface area contributed by atoms with Crippen LogP contribution in [-0.2, 0) is 24.3 Å². The molecule has 0 aliphatic carbocycles. The number of amides is 1. The lowest BCUT2D eigenvalue weighted by Crippen LogP contribution is -2.39. The van der Waals surface area contributed by atoms with Gasteiger partial charge in [-0.3, -0.25) is 9.80 Å². The average molecular weight is 360 g/mol. The van der Waals surface area contributed by atoms with Crippen molar-refractivity contribution in [2.45, 2.75) is 31.7 Å². The van der Waals surface area contributed by atoms with Crippen LogP contribution in [0.15, 0.2) is 40.8 Å². The molecule has 138 valence electrons. The average Bonchev–Trinajstić information content (AvgIpc) is 3.30. The Kier molecular flexibility index (Phi) is 4.65. The zero-order chi connectivity index (χ0) is 18.1. The van der Waals surface area contributed by atoms with Crippen molar-refractivity contribution in [3.8, 4) is 0 Å². The SMILES string of the molecule is O=C1O[C@H]2CN(Cc3ccc(CO)o3)C[C@H]2N1CCc1ccc(F)cc1. The Morgan fingerprint density at radius 1 is 1.12 bits per heavy atom. The quantitative estimate of drug-likeness (QED) is 0.855. The number of halogens is 1. The number of ether oxygens (including phenoxy) is 1. The number of carbonyl (C=O) groups excluding carboxylic acids is 1. The Morgan fingerprint density at radius 3 is 2.62 bits per heavy atom. The van der Waals surface area contributed by atoms with Crippen LogP contribution in [-0.4, -0.2) is 52.8 Å².